The Morgan fingerprint density at radius 3 is 2.94 bits per heavy atom. The first-order valence-corrected chi connectivity index (χ1v) is 6.22. The normalized spacial score (nSPS) is 24.3. The SMILES string of the molecule is CCC1(C(=O)NC(C)c2cn[nH]c2)CCCN1.Cl. The van der Waals surface area contributed by atoms with Crippen molar-refractivity contribution in [1.29, 1.82) is 0 Å². The van der Waals surface area contributed by atoms with E-state index < -0.39 is 0 Å². The summed E-state index contributed by atoms with van der Waals surface area (Å²) < 4.78 is 0. The maximum Gasteiger partial charge on any atom is 0.240 e. The molecular formula is C12H21ClN4O. The van der Waals surface area contributed by atoms with Crippen molar-refractivity contribution in [3.63, 3.8) is 0 Å². The number of nitrogens with zero attached hydrogens (tertiary/aromatic N) is 1. The molecular weight excluding hydrogens is 252 g/mol. The highest BCUT2D eigenvalue weighted by Gasteiger charge is 2.39. The van der Waals surface area contributed by atoms with Crippen LogP contribution in [0.25, 0.3) is 0 Å². The van der Waals surface area contributed by atoms with E-state index in [-0.39, 0.29) is 29.9 Å². The van der Waals surface area contributed by atoms with Gasteiger partial charge in [0.05, 0.1) is 17.8 Å². The van der Waals surface area contributed by atoms with Crippen LogP contribution in [-0.2, 0) is 4.79 Å². The van der Waals surface area contributed by atoms with Crippen LogP contribution in [-0.4, -0.2) is 28.2 Å². The number of hydrogen-bond acceptors (Lipinski definition) is 3. The number of amides is 1. The Balaban J connectivity index is 0.00000162. The fourth-order valence-corrected chi connectivity index (χ4v) is 2.38. The Kier molecular flexibility index (Phi) is 5.16. The topological polar surface area (TPSA) is 69.8 Å². The van der Waals surface area contributed by atoms with Crippen LogP contribution >= 0.6 is 12.4 Å². The molecule has 1 aliphatic heterocycles. The lowest BCUT2D eigenvalue weighted by atomic mass is 9.92. The van der Waals surface area contributed by atoms with E-state index in [1.807, 2.05) is 13.1 Å². The van der Waals surface area contributed by atoms with E-state index in [1.54, 1.807) is 6.20 Å². The molecule has 2 rings (SSSR count). The highest BCUT2D eigenvalue weighted by atomic mass is 35.5. The zero-order chi connectivity index (χ0) is 12.3. The maximum atomic E-state index is 12.3. The van der Waals surface area contributed by atoms with Gasteiger partial charge in [-0.15, -0.1) is 12.4 Å². The largest absolute Gasteiger partial charge is 0.348 e. The van der Waals surface area contributed by atoms with E-state index in [1.165, 1.54) is 0 Å². The molecule has 2 atom stereocenters. The van der Waals surface area contributed by atoms with Crippen molar-refractivity contribution < 1.29 is 4.79 Å². The van der Waals surface area contributed by atoms with Crippen LogP contribution in [0.2, 0.25) is 0 Å². The second kappa shape index (κ2) is 6.20. The number of halogens is 1. The molecule has 2 heterocycles. The quantitative estimate of drug-likeness (QED) is 0.779. The number of hydrogen-bond donors (Lipinski definition) is 3. The first kappa shape index (κ1) is 15.0. The summed E-state index contributed by atoms with van der Waals surface area (Å²) in [5, 5.41) is 13.0. The van der Waals surface area contributed by atoms with Crippen LogP contribution in [0.3, 0.4) is 0 Å². The van der Waals surface area contributed by atoms with E-state index in [9.17, 15) is 4.79 Å². The number of H-pyrrole nitrogens is 1. The number of aromatic amines is 1. The predicted octanol–water partition coefficient (Wildman–Crippen LogP) is 1.54. The van der Waals surface area contributed by atoms with Gasteiger partial charge in [-0.05, 0) is 32.7 Å². The molecule has 102 valence electrons. The third kappa shape index (κ3) is 2.84. The predicted molar refractivity (Wildman–Crippen MR) is 72.7 cm³/mol. The molecule has 0 saturated carbocycles. The van der Waals surface area contributed by atoms with Crippen LogP contribution in [0.15, 0.2) is 12.4 Å². The minimum absolute atomic E-state index is 0. The molecule has 6 heteroatoms. The zero-order valence-electron chi connectivity index (χ0n) is 10.8. The van der Waals surface area contributed by atoms with Gasteiger partial charge in [0, 0.05) is 11.8 Å². The van der Waals surface area contributed by atoms with Gasteiger partial charge in [-0.2, -0.15) is 5.10 Å². The van der Waals surface area contributed by atoms with E-state index >= 15 is 0 Å². The van der Waals surface area contributed by atoms with Gasteiger partial charge < -0.3 is 10.6 Å². The van der Waals surface area contributed by atoms with Crippen LogP contribution in [0.4, 0.5) is 0 Å². The van der Waals surface area contributed by atoms with E-state index in [0.717, 1.165) is 31.4 Å². The molecule has 18 heavy (non-hydrogen) atoms. The molecule has 3 N–H and O–H groups in total. The molecule has 5 nitrogen and oxygen atoms in total. The first-order chi connectivity index (χ1) is 8.18. The Hall–Kier alpha value is -1.07. The van der Waals surface area contributed by atoms with Gasteiger partial charge in [0.25, 0.3) is 0 Å². The van der Waals surface area contributed by atoms with Crippen molar-refractivity contribution in [1.82, 2.24) is 20.8 Å². The number of rotatable bonds is 4. The number of carbonyl (C=O) groups is 1. The summed E-state index contributed by atoms with van der Waals surface area (Å²) in [5.74, 6) is 0.103. The third-order valence-corrected chi connectivity index (χ3v) is 3.65. The smallest absolute Gasteiger partial charge is 0.240 e. The number of nitrogens with one attached hydrogen (secondary N) is 3. The molecule has 0 aliphatic carbocycles. The lowest BCUT2D eigenvalue weighted by molar-refractivity contribution is -0.128. The van der Waals surface area contributed by atoms with Gasteiger partial charge in [-0.3, -0.25) is 9.89 Å². The lowest BCUT2D eigenvalue weighted by Gasteiger charge is -2.28. The summed E-state index contributed by atoms with van der Waals surface area (Å²) in [6.07, 6.45) is 6.38. The number of carbonyl (C=O) groups excluding carboxylic acids is 1. The summed E-state index contributed by atoms with van der Waals surface area (Å²) in [6, 6.07) is -0.00734. The van der Waals surface area contributed by atoms with Crippen LogP contribution in [0, 0.1) is 0 Å². The summed E-state index contributed by atoms with van der Waals surface area (Å²) in [5.41, 5.74) is 0.639. The molecule has 1 aliphatic rings. The van der Waals surface area contributed by atoms with Gasteiger partial charge in [0.15, 0.2) is 0 Å². The molecule has 2 unspecified atom stereocenters. The molecule has 1 saturated heterocycles. The van der Waals surface area contributed by atoms with E-state index in [2.05, 4.69) is 27.8 Å². The minimum atomic E-state index is -0.363. The maximum absolute atomic E-state index is 12.3. The fourth-order valence-electron chi connectivity index (χ4n) is 2.38. The van der Waals surface area contributed by atoms with Crippen LogP contribution in [0.1, 0.15) is 44.7 Å². The second-order valence-electron chi connectivity index (χ2n) is 4.69. The zero-order valence-corrected chi connectivity index (χ0v) is 11.6. The Morgan fingerprint density at radius 1 is 1.67 bits per heavy atom. The molecule has 0 spiro atoms. The van der Waals surface area contributed by atoms with Crippen molar-refractivity contribution in [2.45, 2.75) is 44.7 Å². The van der Waals surface area contributed by atoms with Crippen LogP contribution in [0.5, 0.6) is 0 Å². The average Bonchev–Trinajstić information content (AvgIpc) is 3.01. The standard InChI is InChI=1S/C12H20N4O.ClH/c1-3-12(5-4-6-13-12)11(17)16-9(2)10-7-14-15-8-10;/h7-9,13H,3-6H2,1-2H3,(H,14,15)(H,16,17);1H. The van der Waals surface area contributed by atoms with Crippen LogP contribution < -0.4 is 10.6 Å². The summed E-state index contributed by atoms with van der Waals surface area (Å²) >= 11 is 0. The first-order valence-electron chi connectivity index (χ1n) is 6.22. The summed E-state index contributed by atoms with van der Waals surface area (Å²) in [6.45, 7) is 4.96. The lowest BCUT2D eigenvalue weighted by Crippen LogP contribution is -2.53. The van der Waals surface area contributed by atoms with Gasteiger partial charge in [0.1, 0.15) is 0 Å². The van der Waals surface area contributed by atoms with Crippen molar-refractivity contribution in [3.8, 4) is 0 Å². The number of aromatic nitrogens is 2. The second-order valence-corrected chi connectivity index (χ2v) is 4.69. The summed E-state index contributed by atoms with van der Waals surface area (Å²) in [4.78, 5) is 12.3. The fraction of sp³-hybridized carbons (Fsp3) is 0.667. The molecule has 1 aromatic rings. The Labute approximate surface area is 114 Å². The van der Waals surface area contributed by atoms with Gasteiger partial charge in [-0.25, -0.2) is 0 Å². The molecule has 1 amide bonds. The van der Waals surface area contributed by atoms with E-state index in [4.69, 9.17) is 0 Å². The Bertz CT molecular complexity index is 373. The highest BCUT2D eigenvalue weighted by Crippen LogP contribution is 2.24. The van der Waals surface area contributed by atoms with Crippen molar-refractivity contribution >= 4 is 18.3 Å². The van der Waals surface area contributed by atoms with Crippen molar-refractivity contribution in [2.24, 2.45) is 0 Å². The molecule has 0 radical (unpaired) electrons. The molecule has 0 bridgehead atoms. The minimum Gasteiger partial charge on any atom is -0.348 e. The molecule has 1 aromatic heterocycles. The van der Waals surface area contributed by atoms with Gasteiger partial charge >= 0.3 is 0 Å². The molecule has 1 fully saturated rings. The van der Waals surface area contributed by atoms with Crippen molar-refractivity contribution in [2.75, 3.05) is 6.54 Å². The van der Waals surface area contributed by atoms with Crippen molar-refractivity contribution in [3.05, 3.63) is 18.0 Å². The van der Waals surface area contributed by atoms with E-state index in [0.29, 0.717) is 0 Å². The van der Waals surface area contributed by atoms with Gasteiger partial charge in [-0.1, -0.05) is 6.92 Å². The third-order valence-electron chi connectivity index (χ3n) is 3.65. The highest BCUT2D eigenvalue weighted by molar-refractivity contribution is 5.87. The Morgan fingerprint density at radius 2 is 2.44 bits per heavy atom. The average molecular weight is 273 g/mol. The van der Waals surface area contributed by atoms with Gasteiger partial charge in [0.2, 0.25) is 5.91 Å². The molecule has 0 aromatic carbocycles. The monoisotopic (exact) mass is 272 g/mol. The summed E-state index contributed by atoms with van der Waals surface area (Å²) in [7, 11) is 0.